The van der Waals surface area contributed by atoms with E-state index in [2.05, 4.69) is 10.1 Å². The van der Waals surface area contributed by atoms with E-state index in [1.165, 1.54) is 7.11 Å². The van der Waals surface area contributed by atoms with E-state index in [-0.39, 0.29) is 48.9 Å². The van der Waals surface area contributed by atoms with Crippen molar-refractivity contribution >= 4 is 17.8 Å². The average Bonchev–Trinajstić information content (AvgIpc) is 2.74. The summed E-state index contributed by atoms with van der Waals surface area (Å²) in [5.74, 6) is -0.930. The van der Waals surface area contributed by atoms with Gasteiger partial charge in [0.15, 0.2) is 0 Å². The van der Waals surface area contributed by atoms with Gasteiger partial charge in [-0.25, -0.2) is 0 Å². The standard InChI is InChI=1S/C15H23NO6/c1-8-10-6-9(15(19)16-2)7-11(21-10)14(8)22-13(18)5-4-12(17)20-3/h8-11,14H,4-7H2,1-3H3,(H,16,19)/t8-,9+,10-,11+,14-/m0/s1. The van der Waals surface area contributed by atoms with Crippen molar-refractivity contribution in [3.63, 3.8) is 0 Å². The zero-order valence-electron chi connectivity index (χ0n) is 13.2. The summed E-state index contributed by atoms with van der Waals surface area (Å²) < 4.78 is 15.8. The number of carbonyl (C=O) groups is 3. The van der Waals surface area contributed by atoms with Crippen molar-refractivity contribution in [1.82, 2.24) is 5.32 Å². The zero-order chi connectivity index (χ0) is 16.3. The first-order valence-corrected chi connectivity index (χ1v) is 7.59. The Hall–Kier alpha value is -1.63. The van der Waals surface area contributed by atoms with Gasteiger partial charge in [-0.3, -0.25) is 14.4 Å². The molecule has 22 heavy (non-hydrogen) atoms. The molecule has 5 atom stereocenters. The predicted molar refractivity (Wildman–Crippen MR) is 75.7 cm³/mol. The Labute approximate surface area is 129 Å². The largest absolute Gasteiger partial charge is 0.469 e. The van der Waals surface area contributed by atoms with Crippen LogP contribution in [0.4, 0.5) is 0 Å². The van der Waals surface area contributed by atoms with Crippen molar-refractivity contribution in [1.29, 1.82) is 0 Å². The van der Waals surface area contributed by atoms with E-state index < -0.39 is 11.9 Å². The molecule has 0 aromatic carbocycles. The summed E-state index contributed by atoms with van der Waals surface area (Å²) in [5, 5.41) is 2.66. The first kappa shape index (κ1) is 16.7. The van der Waals surface area contributed by atoms with Gasteiger partial charge in [0, 0.05) is 18.9 Å². The smallest absolute Gasteiger partial charge is 0.306 e. The summed E-state index contributed by atoms with van der Waals surface area (Å²) in [5.41, 5.74) is 0. The van der Waals surface area contributed by atoms with Crippen molar-refractivity contribution in [2.24, 2.45) is 11.8 Å². The van der Waals surface area contributed by atoms with E-state index in [0.717, 1.165) is 0 Å². The van der Waals surface area contributed by atoms with Crippen molar-refractivity contribution in [3.8, 4) is 0 Å². The molecule has 0 aromatic rings. The van der Waals surface area contributed by atoms with Crippen LogP contribution in [0.3, 0.4) is 0 Å². The molecule has 2 aliphatic heterocycles. The van der Waals surface area contributed by atoms with Gasteiger partial charge < -0.3 is 19.5 Å². The molecule has 0 unspecified atom stereocenters. The summed E-state index contributed by atoms with van der Waals surface area (Å²) in [6.07, 6.45) is 0.518. The van der Waals surface area contributed by atoms with Gasteiger partial charge >= 0.3 is 11.9 Å². The number of hydrogen-bond acceptors (Lipinski definition) is 6. The molecule has 1 amide bonds. The van der Waals surface area contributed by atoms with Gasteiger partial charge in [-0.1, -0.05) is 6.92 Å². The summed E-state index contributed by atoms with van der Waals surface area (Å²) in [7, 11) is 2.90. The van der Waals surface area contributed by atoms with E-state index in [1.807, 2.05) is 6.92 Å². The maximum Gasteiger partial charge on any atom is 0.306 e. The Morgan fingerprint density at radius 2 is 1.77 bits per heavy atom. The number of methoxy groups -OCH3 is 1. The Kier molecular flexibility index (Phi) is 5.39. The van der Waals surface area contributed by atoms with Crippen LogP contribution in [0, 0.1) is 11.8 Å². The Balaban J connectivity index is 1.91. The number of fused-ring (bicyclic) bond motifs is 2. The normalized spacial score (nSPS) is 33.1. The average molecular weight is 313 g/mol. The lowest BCUT2D eigenvalue weighted by Crippen LogP contribution is -2.37. The molecule has 2 heterocycles. The Morgan fingerprint density at radius 3 is 2.41 bits per heavy atom. The van der Waals surface area contributed by atoms with Crippen LogP contribution in [-0.2, 0) is 28.6 Å². The molecule has 2 saturated heterocycles. The number of rotatable bonds is 5. The van der Waals surface area contributed by atoms with Crippen LogP contribution < -0.4 is 5.32 Å². The fraction of sp³-hybridized carbons (Fsp3) is 0.800. The van der Waals surface area contributed by atoms with Crippen molar-refractivity contribution < 1.29 is 28.6 Å². The molecule has 0 spiro atoms. The first-order chi connectivity index (χ1) is 10.5. The lowest BCUT2D eigenvalue weighted by atomic mass is 9.94. The van der Waals surface area contributed by atoms with E-state index in [0.29, 0.717) is 12.8 Å². The van der Waals surface area contributed by atoms with Gasteiger partial charge in [0.2, 0.25) is 5.91 Å². The maximum absolute atomic E-state index is 11.9. The minimum Gasteiger partial charge on any atom is -0.469 e. The van der Waals surface area contributed by atoms with Crippen LogP contribution in [-0.4, -0.2) is 50.3 Å². The molecule has 7 heteroatoms. The van der Waals surface area contributed by atoms with Crippen LogP contribution >= 0.6 is 0 Å². The van der Waals surface area contributed by atoms with Gasteiger partial charge in [-0.05, 0) is 12.8 Å². The van der Waals surface area contributed by atoms with Crippen molar-refractivity contribution in [3.05, 3.63) is 0 Å². The second-order valence-corrected chi connectivity index (χ2v) is 5.89. The monoisotopic (exact) mass is 313 g/mol. The minimum atomic E-state index is -0.439. The van der Waals surface area contributed by atoms with Crippen LogP contribution in [0.2, 0.25) is 0 Å². The third kappa shape index (κ3) is 3.58. The van der Waals surface area contributed by atoms with Gasteiger partial charge in [0.25, 0.3) is 0 Å². The molecular formula is C15H23NO6. The van der Waals surface area contributed by atoms with E-state index in [1.54, 1.807) is 7.05 Å². The maximum atomic E-state index is 11.9. The second-order valence-electron chi connectivity index (χ2n) is 5.89. The molecule has 2 rings (SSSR count). The van der Waals surface area contributed by atoms with Gasteiger partial charge in [-0.2, -0.15) is 0 Å². The summed E-state index contributed by atoms with van der Waals surface area (Å²) in [6.45, 7) is 1.97. The number of carbonyl (C=O) groups excluding carboxylic acids is 3. The molecule has 0 aromatic heterocycles. The van der Waals surface area contributed by atoms with Gasteiger partial charge in [0.1, 0.15) is 6.10 Å². The fourth-order valence-corrected chi connectivity index (χ4v) is 3.21. The number of nitrogens with one attached hydrogen (secondary N) is 1. The Bertz CT molecular complexity index is 451. The van der Waals surface area contributed by atoms with Gasteiger partial charge in [0.05, 0.1) is 32.2 Å². The van der Waals surface area contributed by atoms with Crippen LogP contribution in [0.25, 0.3) is 0 Å². The van der Waals surface area contributed by atoms with Crippen LogP contribution in [0.15, 0.2) is 0 Å². The summed E-state index contributed by atoms with van der Waals surface area (Å²) in [6, 6.07) is 0. The van der Waals surface area contributed by atoms with E-state index in [9.17, 15) is 14.4 Å². The van der Waals surface area contributed by atoms with Crippen LogP contribution in [0.5, 0.6) is 0 Å². The topological polar surface area (TPSA) is 90.9 Å². The molecule has 0 aliphatic carbocycles. The highest BCUT2D eigenvalue weighted by Crippen LogP contribution is 2.41. The molecule has 7 nitrogen and oxygen atoms in total. The number of amides is 1. The fourth-order valence-electron chi connectivity index (χ4n) is 3.21. The lowest BCUT2D eigenvalue weighted by molar-refractivity contribution is -0.157. The van der Waals surface area contributed by atoms with Crippen molar-refractivity contribution in [2.45, 2.75) is 50.9 Å². The number of esters is 2. The molecule has 1 N–H and O–H groups in total. The zero-order valence-corrected chi connectivity index (χ0v) is 13.2. The molecular weight excluding hydrogens is 290 g/mol. The number of ether oxygens (including phenoxy) is 3. The minimum absolute atomic E-state index is 0.00293. The first-order valence-electron chi connectivity index (χ1n) is 7.59. The second kappa shape index (κ2) is 7.09. The summed E-state index contributed by atoms with van der Waals surface area (Å²) in [4.78, 5) is 34.7. The molecule has 2 bridgehead atoms. The molecule has 0 saturated carbocycles. The van der Waals surface area contributed by atoms with E-state index >= 15 is 0 Å². The predicted octanol–water partition coefficient (Wildman–Crippen LogP) is 0.411. The summed E-state index contributed by atoms with van der Waals surface area (Å²) >= 11 is 0. The van der Waals surface area contributed by atoms with Crippen LogP contribution in [0.1, 0.15) is 32.6 Å². The highest BCUT2D eigenvalue weighted by Gasteiger charge is 2.50. The van der Waals surface area contributed by atoms with Crippen molar-refractivity contribution in [2.75, 3.05) is 14.2 Å². The van der Waals surface area contributed by atoms with Gasteiger partial charge in [-0.15, -0.1) is 0 Å². The highest BCUT2D eigenvalue weighted by atomic mass is 16.6. The molecule has 0 radical (unpaired) electrons. The molecule has 2 aliphatic rings. The number of hydrogen-bond donors (Lipinski definition) is 1. The lowest BCUT2D eigenvalue weighted by Gasteiger charge is -2.27. The quantitative estimate of drug-likeness (QED) is 0.739. The third-order valence-electron chi connectivity index (χ3n) is 4.50. The molecule has 2 fully saturated rings. The highest BCUT2D eigenvalue weighted by molar-refractivity contribution is 5.79. The SMILES string of the molecule is CNC(=O)[C@@H]1C[C@@H]2O[C@H](C1)[C@@H](OC(=O)CCC(=O)OC)[C@H]2C. The molecule has 124 valence electrons. The van der Waals surface area contributed by atoms with E-state index in [4.69, 9.17) is 9.47 Å². The Morgan fingerprint density at radius 1 is 1.14 bits per heavy atom. The third-order valence-corrected chi connectivity index (χ3v) is 4.50.